The van der Waals surface area contributed by atoms with Crippen molar-refractivity contribution < 1.29 is 46.0 Å². The molecule has 1 unspecified atom stereocenters. The molecule has 1 atom stereocenters. The van der Waals surface area contributed by atoms with Gasteiger partial charge in [-0.1, -0.05) is 0 Å². The minimum atomic E-state index is -1.72. The number of halogens is 1. The van der Waals surface area contributed by atoms with Crippen molar-refractivity contribution in [1.29, 1.82) is 0 Å². The van der Waals surface area contributed by atoms with Crippen LogP contribution in [0.4, 0.5) is 4.39 Å². The zero-order chi connectivity index (χ0) is 16.7. The summed E-state index contributed by atoms with van der Waals surface area (Å²) in [5, 5.41) is 0.604. The number of ether oxygens (including phenoxy) is 1. The third kappa shape index (κ3) is 3.01. The van der Waals surface area contributed by atoms with Crippen LogP contribution in [-0.4, -0.2) is 12.1 Å². The summed E-state index contributed by atoms with van der Waals surface area (Å²) in [6.45, 7) is 4.80. The predicted molar refractivity (Wildman–Crippen MR) is 76.6 cm³/mol. The van der Waals surface area contributed by atoms with Gasteiger partial charge in [0.25, 0.3) is 0 Å². The van der Waals surface area contributed by atoms with Crippen molar-refractivity contribution in [3.63, 3.8) is 0 Å². The first-order chi connectivity index (χ1) is 10.9. The van der Waals surface area contributed by atoms with Gasteiger partial charge in [0, 0.05) is 0 Å². The molecule has 1 aliphatic rings. The Morgan fingerprint density at radius 2 is 2.17 bits per heavy atom. The van der Waals surface area contributed by atoms with E-state index in [0.717, 1.165) is 9.49 Å². The Bertz CT molecular complexity index is 858. The van der Waals surface area contributed by atoms with Gasteiger partial charge >= 0.3 is 145 Å². The first kappa shape index (κ1) is 16.4. The molecule has 0 spiro atoms. The number of hydrogen-bond acceptors (Lipinski definition) is 5. The van der Waals surface area contributed by atoms with Crippen molar-refractivity contribution in [3.05, 3.63) is 39.0 Å². The molecule has 1 aromatic heterocycles. The van der Waals surface area contributed by atoms with Crippen LogP contribution in [0.3, 0.4) is 0 Å². The maximum atomic E-state index is 13.8. The molecule has 5 nitrogen and oxygen atoms in total. The van der Waals surface area contributed by atoms with Gasteiger partial charge in [0.15, 0.2) is 0 Å². The van der Waals surface area contributed by atoms with Gasteiger partial charge in [-0.3, -0.25) is 0 Å². The van der Waals surface area contributed by atoms with Gasteiger partial charge in [-0.15, -0.1) is 0 Å². The number of carbonyl (C=O) groups is 1. The zero-order valence-electron chi connectivity index (χ0n) is 13.2. The van der Waals surface area contributed by atoms with E-state index >= 15 is 0 Å². The molecule has 1 aliphatic heterocycles. The van der Waals surface area contributed by atoms with E-state index in [-0.39, 0.29) is 12.1 Å². The molecule has 23 heavy (non-hydrogen) atoms. The van der Waals surface area contributed by atoms with Crippen LogP contribution in [0, 0.1) is 19.7 Å². The SMILES string of the molecule is CC(=O)[O][Hg][CH2]C1Cc2cc3c(C)c(F)c(=O)oc3c(C)c2O1. The molecule has 0 saturated heterocycles. The number of aryl methyl sites for hydroxylation is 2. The normalized spacial score (nSPS) is 15.9. The van der Waals surface area contributed by atoms with Crippen LogP contribution < -0.4 is 10.4 Å². The molecule has 2 aromatic rings. The number of carbonyl (C=O) groups excluding carboxylic acids is 1. The van der Waals surface area contributed by atoms with E-state index in [1.165, 1.54) is 6.92 Å². The average molecular weight is 507 g/mol. The Labute approximate surface area is 144 Å². The standard InChI is InChI=1S/C14H12FO3.C2H4O2.Hg/c1-6-4-9-5-10-7(2)11(15)14(16)18-13(10)8(3)12(9)17-6;1-2(3)4;/h5-6H,1,4H2,2-3H3;1H3,(H,3,4);/q;;+1/p-1. The number of hydrogen-bond donors (Lipinski definition) is 0. The van der Waals surface area contributed by atoms with Gasteiger partial charge in [0.1, 0.15) is 0 Å². The summed E-state index contributed by atoms with van der Waals surface area (Å²) < 4.78 is 30.8. The van der Waals surface area contributed by atoms with Gasteiger partial charge in [-0.05, 0) is 0 Å². The monoisotopic (exact) mass is 508 g/mol. The molecule has 0 N–H and O–H groups in total. The molecule has 2 heterocycles. The van der Waals surface area contributed by atoms with Crippen LogP contribution in [0.1, 0.15) is 23.6 Å². The van der Waals surface area contributed by atoms with Crippen molar-refractivity contribution in [3.8, 4) is 5.75 Å². The maximum absolute atomic E-state index is 13.8. The summed E-state index contributed by atoms with van der Waals surface area (Å²) in [6.07, 6.45) is 0.687. The molecule has 0 saturated carbocycles. The van der Waals surface area contributed by atoms with E-state index < -0.39 is 36.5 Å². The second-order valence-corrected chi connectivity index (χ2v) is 10.7. The summed E-state index contributed by atoms with van der Waals surface area (Å²) in [4.78, 5) is 22.4. The quantitative estimate of drug-likeness (QED) is 0.473. The first-order valence-electron chi connectivity index (χ1n) is 7.44. The Morgan fingerprint density at radius 3 is 2.87 bits per heavy atom. The van der Waals surface area contributed by atoms with Crippen molar-refractivity contribution in [2.45, 2.75) is 37.2 Å². The number of benzene rings is 1. The van der Waals surface area contributed by atoms with Crippen LogP contribution >= 0.6 is 0 Å². The molecule has 3 rings (SSSR count). The van der Waals surface area contributed by atoms with Crippen molar-refractivity contribution in [2.75, 3.05) is 0 Å². The van der Waals surface area contributed by atoms with Gasteiger partial charge < -0.3 is 0 Å². The molecule has 118 valence electrons. The van der Waals surface area contributed by atoms with Crippen LogP contribution in [0.5, 0.6) is 5.75 Å². The summed E-state index contributed by atoms with van der Waals surface area (Å²) in [5.41, 5.74) is 1.40. The molecule has 1 aromatic carbocycles. The minimum absolute atomic E-state index is 0.0154. The predicted octanol–water partition coefficient (Wildman–Crippen LogP) is 2.83. The Balaban J connectivity index is 1.95. The van der Waals surface area contributed by atoms with Gasteiger partial charge in [0.2, 0.25) is 0 Å². The van der Waals surface area contributed by atoms with Crippen LogP contribution in [0.2, 0.25) is 3.93 Å². The van der Waals surface area contributed by atoms with Crippen molar-refractivity contribution in [1.82, 2.24) is 0 Å². The van der Waals surface area contributed by atoms with E-state index in [0.29, 0.717) is 34.3 Å². The van der Waals surface area contributed by atoms with E-state index in [1.807, 2.05) is 6.07 Å². The Morgan fingerprint density at radius 1 is 1.43 bits per heavy atom. The van der Waals surface area contributed by atoms with Crippen LogP contribution in [0.25, 0.3) is 11.0 Å². The molecule has 0 fully saturated rings. The fourth-order valence-electron chi connectivity index (χ4n) is 2.93. The van der Waals surface area contributed by atoms with E-state index in [4.69, 9.17) is 11.8 Å². The summed E-state index contributed by atoms with van der Waals surface area (Å²) >= 11 is -1.72. The third-order valence-electron chi connectivity index (χ3n) is 4.12. The van der Waals surface area contributed by atoms with E-state index in [9.17, 15) is 14.0 Å². The van der Waals surface area contributed by atoms with E-state index in [2.05, 4.69) is 0 Å². The summed E-state index contributed by atoms with van der Waals surface area (Å²) in [5.74, 6) is -0.371. The topological polar surface area (TPSA) is 65.7 Å². The average Bonchev–Trinajstić information content (AvgIpc) is 2.89. The summed E-state index contributed by atoms with van der Waals surface area (Å²) in [7, 11) is 0. The molecular formula is C16H15FHgO5. The van der Waals surface area contributed by atoms with Crippen LogP contribution in [0.15, 0.2) is 15.3 Å². The van der Waals surface area contributed by atoms with E-state index in [1.54, 1.807) is 13.8 Å². The van der Waals surface area contributed by atoms with Gasteiger partial charge in [-0.2, -0.15) is 0 Å². The van der Waals surface area contributed by atoms with Gasteiger partial charge in [-0.25, -0.2) is 0 Å². The first-order valence-corrected chi connectivity index (χ1v) is 13.6. The fourth-order valence-corrected chi connectivity index (χ4v) is 6.78. The second kappa shape index (κ2) is 6.22. The molecule has 0 bridgehead atoms. The number of rotatable bonds is 3. The third-order valence-corrected chi connectivity index (χ3v) is 9.91. The summed E-state index contributed by atoms with van der Waals surface area (Å²) in [6, 6.07) is 1.84. The van der Waals surface area contributed by atoms with Crippen molar-refractivity contribution >= 4 is 16.9 Å². The van der Waals surface area contributed by atoms with Gasteiger partial charge in [0.05, 0.1) is 0 Å². The Kier molecular flexibility index (Phi) is 4.44. The van der Waals surface area contributed by atoms with Crippen LogP contribution in [-0.2, 0) is 38.9 Å². The Hall–Kier alpha value is -1.43. The number of fused-ring (bicyclic) bond motifs is 2. The molecule has 0 radical (unpaired) electrons. The fraction of sp³-hybridized carbons (Fsp3) is 0.375. The zero-order valence-corrected chi connectivity index (χ0v) is 18.7. The second-order valence-electron chi connectivity index (χ2n) is 5.77. The molecule has 0 aliphatic carbocycles. The molecular weight excluding hydrogens is 492 g/mol. The molecule has 7 heteroatoms. The van der Waals surface area contributed by atoms with Crippen molar-refractivity contribution in [2.24, 2.45) is 0 Å². The molecule has 0 amide bonds.